The van der Waals surface area contributed by atoms with Gasteiger partial charge in [-0.3, -0.25) is 4.79 Å². The van der Waals surface area contributed by atoms with E-state index in [0.29, 0.717) is 53.9 Å². The van der Waals surface area contributed by atoms with Crippen LogP contribution >= 0.6 is 22.9 Å². The topological polar surface area (TPSA) is 86.2 Å². The Morgan fingerprint density at radius 2 is 1.54 bits per heavy atom. The predicted octanol–water partition coefficient (Wildman–Crippen LogP) is 6.71. The highest BCUT2D eigenvalue weighted by molar-refractivity contribution is 7.17. The number of halogens is 1. The van der Waals surface area contributed by atoms with E-state index in [1.54, 1.807) is 49.4 Å². The molecular weight excluding hydrogens is 484 g/mol. The molecule has 0 atom stereocenters. The molecule has 0 spiro atoms. The third-order valence-electron chi connectivity index (χ3n) is 5.76. The lowest BCUT2D eigenvalue weighted by molar-refractivity contribution is 0.556. The van der Waals surface area contributed by atoms with Crippen molar-refractivity contribution < 1.29 is 8.83 Å². The van der Waals surface area contributed by atoms with E-state index in [9.17, 15) is 9.59 Å². The van der Waals surface area contributed by atoms with Crippen molar-refractivity contribution in [3.63, 3.8) is 0 Å². The minimum atomic E-state index is -0.538. The number of hydrogen-bond donors (Lipinski definition) is 0. The zero-order valence-corrected chi connectivity index (χ0v) is 19.8. The number of fused-ring (bicyclic) bond motifs is 3. The molecule has 8 heteroatoms. The Hall–Kier alpha value is -4.07. The van der Waals surface area contributed by atoms with Crippen molar-refractivity contribution >= 4 is 44.9 Å². The van der Waals surface area contributed by atoms with Crippen LogP contribution in [0.2, 0.25) is 5.02 Å². The Kier molecular flexibility index (Phi) is 5.09. The van der Waals surface area contributed by atoms with Gasteiger partial charge >= 0.3 is 5.63 Å². The molecule has 170 valence electrons. The predicted molar refractivity (Wildman–Crippen MR) is 138 cm³/mol. The van der Waals surface area contributed by atoms with Crippen LogP contribution in [0.5, 0.6) is 0 Å². The van der Waals surface area contributed by atoms with Gasteiger partial charge in [0.2, 0.25) is 5.43 Å². The van der Waals surface area contributed by atoms with E-state index in [-0.39, 0.29) is 11.0 Å². The molecule has 0 aliphatic carbocycles. The van der Waals surface area contributed by atoms with Gasteiger partial charge in [0.1, 0.15) is 21.9 Å². The van der Waals surface area contributed by atoms with E-state index in [4.69, 9.17) is 20.4 Å². The van der Waals surface area contributed by atoms with Crippen LogP contribution in [0.25, 0.3) is 54.2 Å². The van der Waals surface area contributed by atoms with Crippen LogP contribution in [-0.4, -0.2) is 10.2 Å². The number of aromatic nitrogens is 2. The first-order valence-corrected chi connectivity index (χ1v) is 11.9. The summed E-state index contributed by atoms with van der Waals surface area (Å²) < 4.78 is 11.7. The summed E-state index contributed by atoms with van der Waals surface area (Å²) >= 11 is 7.30. The van der Waals surface area contributed by atoms with E-state index in [2.05, 4.69) is 10.2 Å². The molecule has 3 aromatic heterocycles. The van der Waals surface area contributed by atoms with Crippen molar-refractivity contribution in [3.8, 4) is 32.3 Å². The zero-order valence-electron chi connectivity index (χ0n) is 18.2. The monoisotopic (exact) mass is 498 g/mol. The number of aryl methyl sites for hydroxylation is 1. The van der Waals surface area contributed by atoms with E-state index >= 15 is 0 Å². The summed E-state index contributed by atoms with van der Waals surface area (Å²) in [5.74, 6) is 0.451. The number of benzene rings is 3. The number of nitrogens with zero attached hydrogens (tertiary/aromatic N) is 2. The minimum absolute atomic E-state index is 0.178. The van der Waals surface area contributed by atoms with Gasteiger partial charge in [0.15, 0.2) is 5.01 Å². The van der Waals surface area contributed by atoms with Crippen LogP contribution in [0.3, 0.4) is 0 Å². The molecule has 6 rings (SSSR count). The molecule has 0 bridgehead atoms. The molecule has 0 aliphatic heterocycles. The van der Waals surface area contributed by atoms with Crippen molar-refractivity contribution in [1.82, 2.24) is 10.2 Å². The molecule has 0 aliphatic rings. The lowest BCUT2D eigenvalue weighted by Crippen LogP contribution is -2.08. The van der Waals surface area contributed by atoms with Gasteiger partial charge in [0.25, 0.3) is 0 Å². The average molecular weight is 499 g/mol. The lowest BCUT2D eigenvalue weighted by Gasteiger charge is -2.09. The van der Waals surface area contributed by atoms with Gasteiger partial charge in [0.05, 0.1) is 21.9 Å². The minimum Gasteiger partial charge on any atom is -0.460 e. The summed E-state index contributed by atoms with van der Waals surface area (Å²) in [6.45, 7) is 1.74. The first-order valence-electron chi connectivity index (χ1n) is 10.7. The van der Waals surface area contributed by atoms with Crippen molar-refractivity contribution in [2.45, 2.75) is 6.92 Å². The molecule has 6 aromatic rings. The highest BCUT2D eigenvalue weighted by Gasteiger charge is 2.19. The molecule has 0 fully saturated rings. The van der Waals surface area contributed by atoms with Crippen LogP contribution in [0.1, 0.15) is 5.76 Å². The second kappa shape index (κ2) is 8.30. The summed E-state index contributed by atoms with van der Waals surface area (Å²) in [4.78, 5) is 26.2. The first kappa shape index (κ1) is 21.5. The highest BCUT2D eigenvalue weighted by Crippen LogP contribution is 2.33. The molecule has 3 heterocycles. The zero-order chi connectivity index (χ0) is 24.1. The quantitative estimate of drug-likeness (QED) is 0.199. The maximum absolute atomic E-state index is 13.5. The van der Waals surface area contributed by atoms with E-state index in [0.717, 1.165) is 5.56 Å². The van der Waals surface area contributed by atoms with Crippen molar-refractivity contribution in [3.05, 3.63) is 104 Å². The van der Waals surface area contributed by atoms with Crippen molar-refractivity contribution in [1.29, 1.82) is 0 Å². The summed E-state index contributed by atoms with van der Waals surface area (Å²) in [7, 11) is 0. The highest BCUT2D eigenvalue weighted by atomic mass is 35.5. The molecule has 35 heavy (non-hydrogen) atoms. The summed E-state index contributed by atoms with van der Waals surface area (Å²) in [6, 6.07) is 21.5. The first-order chi connectivity index (χ1) is 17.0. The number of hydrogen-bond acceptors (Lipinski definition) is 7. The summed E-state index contributed by atoms with van der Waals surface area (Å²) in [6.07, 6.45) is 0. The smallest absolute Gasteiger partial charge is 0.346 e. The molecular formula is C27H15ClN2O4S. The van der Waals surface area contributed by atoms with E-state index in [1.165, 1.54) is 11.3 Å². The molecule has 0 saturated carbocycles. The van der Waals surface area contributed by atoms with Crippen LogP contribution in [-0.2, 0) is 0 Å². The normalized spacial score (nSPS) is 11.4. The van der Waals surface area contributed by atoms with Crippen LogP contribution < -0.4 is 11.1 Å². The standard InChI is InChI=1S/C27H15ClN2O4S/c1-14-22(15-7-9-17(28)10-8-15)23(31)18-11-12-21-19(24(18)33-14)13-20(27(32)34-21)26-30-29-25(35-26)16-5-3-2-4-6-16/h2-13H,1H3. The van der Waals surface area contributed by atoms with Crippen molar-refractivity contribution in [2.75, 3.05) is 0 Å². The molecule has 0 N–H and O–H groups in total. The second-order valence-corrected chi connectivity index (χ2v) is 9.36. The fraction of sp³-hybridized carbons (Fsp3) is 0.0370. The Bertz CT molecular complexity index is 1860. The average Bonchev–Trinajstić information content (AvgIpc) is 3.35. The Morgan fingerprint density at radius 3 is 2.31 bits per heavy atom. The Labute approximate surface area is 207 Å². The van der Waals surface area contributed by atoms with Gasteiger partial charge in [-0.1, -0.05) is 65.4 Å². The van der Waals surface area contributed by atoms with Gasteiger partial charge in [-0.2, -0.15) is 0 Å². The van der Waals surface area contributed by atoms with Gasteiger partial charge in [-0.05, 0) is 42.8 Å². The van der Waals surface area contributed by atoms with Gasteiger partial charge in [-0.15, -0.1) is 10.2 Å². The largest absolute Gasteiger partial charge is 0.460 e. The molecule has 3 aromatic carbocycles. The molecule has 6 nitrogen and oxygen atoms in total. The molecule has 0 saturated heterocycles. The third kappa shape index (κ3) is 3.65. The molecule has 0 unspecified atom stereocenters. The summed E-state index contributed by atoms with van der Waals surface area (Å²) in [5.41, 5.74) is 2.29. The SMILES string of the molecule is Cc1oc2c(ccc3oc(=O)c(-c4nnc(-c5ccccc5)s4)cc32)c(=O)c1-c1ccc(Cl)cc1. The van der Waals surface area contributed by atoms with Crippen LogP contribution in [0.15, 0.2) is 91.2 Å². The van der Waals surface area contributed by atoms with Crippen LogP contribution in [0, 0.1) is 6.92 Å². The molecule has 0 amide bonds. The number of rotatable bonds is 3. The Morgan fingerprint density at radius 1 is 0.800 bits per heavy atom. The van der Waals surface area contributed by atoms with Crippen LogP contribution in [0.4, 0.5) is 0 Å². The molecule has 0 radical (unpaired) electrons. The maximum Gasteiger partial charge on any atom is 0.346 e. The summed E-state index contributed by atoms with van der Waals surface area (Å²) in [5, 5.41) is 11.0. The van der Waals surface area contributed by atoms with Crippen molar-refractivity contribution in [2.24, 2.45) is 0 Å². The van der Waals surface area contributed by atoms with Gasteiger partial charge in [-0.25, -0.2) is 4.79 Å². The fourth-order valence-electron chi connectivity index (χ4n) is 4.08. The van der Waals surface area contributed by atoms with E-state index < -0.39 is 5.63 Å². The second-order valence-electron chi connectivity index (χ2n) is 7.95. The third-order valence-corrected chi connectivity index (χ3v) is 7.01. The van der Waals surface area contributed by atoms with Gasteiger partial charge < -0.3 is 8.83 Å². The van der Waals surface area contributed by atoms with E-state index in [1.807, 2.05) is 30.3 Å². The lowest BCUT2D eigenvalue weighted by atomic mass is 10.0. The maximum atomic E-state index is 13.5. The fourth-order valence-corrected chi connectivity index (χ4v) is 5.06. The van der Waals surface area contributed by atoms with Gasteiger partial charge in [0, 0.05) is 10.6 Å². The Balaban J connectivity index is 1.55.